The highest BCUT2D eigenvalue weighted by Gasteiger charge is 2.10. The molecule has 0 aliphatic heterocycles. The van der Waals surface area contributed by atoms with E-state index in [9.17, 15) is 4.79 Å². The molecule has 0 radical (unpaired) electrons. The third kappa shape index (κ3) is 4.07. The number of hydrogen-bond donors (Lipinski definition) is 2. The van der Waals surface area contributed by atoms with Gasteiger partial charge in [-0.25, -0.2) is 4.98 Å². The Labute approximate surface area is 120 Å². The number of nitrogens with zero attached hydrogens (tertiary/aromatic N) is 2. The van der Waals surface area contributed by atoms with Crippen LogP contribution in [-0.2, 0) is 4.79 Å². The SMILES string of the molecule is CCC(C)NC(=O)CSc1n[nH]c(-c2cccs2)n1. The molecule has 0 saturated carbocycles. The molecule has 2 aromatic rings. The lowest BCUT2D eigenvalue weighted by molar-refractivity contribution is -0.119. The van der Waals surface area contributed by atoms with Gasteiger partial charge in [0.2, 0.25) is 11.1 Å². The Morgan fingerprint density at radius 2 is 2.47 bits per heavy atom. The van der Waals surface area contributed by atoms with Crippen LogP contribution in [0.15, 0.2) is 22.7 Å². The minimum atomic E-state index is 0.0156. The summed E-state index contributed by atoms with van der Waals surface area (Å²) in [5.41, 5.74) is 0. The van der Waals surface area contributed by atoms with Gasteiger partial charge in [0.15, 0.2) is 5.82 Å². The zero-order valence-electron chi connectivity index (χ0n) is 10.8. The number of thiophene rings is 1. The largest absolute Gasteiger partial charge is 0.353 e. The highest BCUT2D eigenvalue weighted by atomic mass is 32.2. The number of thioether (sulfide) groups is 1. The van der Waals surface area contributed by atoms with Crippen LogP contribution >= 0.6 is 23.1 Å². The van der Waals surface area contributed by atoms with Crippen molar-refractivity contribution >= 4 is 29.0 Å². The quantitative estimate of drug-likeness (QED) is 0.804. The van der Waals surface area contributed by atoms with Gasteiger partial charge in [-0.05, 0) is 24.8 Å². The first-order valence-corrected chi connectivity index (χ1v) is 7.94. The van der Waals surface area contributed by atoms with Crippen LogP contribution in [0.25, 0.3) is 10.7 Å². The summed E-state index contributed by atoms with van der Waals surface area (Å²) in [6.45, 7) is 4.03. The van der Waals surface area contributed by atoms with Gasteiger partial charge in [-0.15, -0.1) is 16.4 Å². The second-order valence-corrected chi connectivity index (χ2v) is 6.00. The van der Waals surface area contributed by atoms with Crippen molar-refractivity contribution in [1.82, 2.24) is 20.5 Å². The molecule has 19 heavy (non-hydrogen) atoms. The first-order valence-electron chi connectivity index (χ1n) is 6.07. The normalized spacial score (nSPS) is 12.3. The second-order valence-electron chi connectivity index (χ2n) is 4.11. The van der Waals surface area contributed by atoms with Gasteiger partial charge >= 0.3 is 0 Å². The molecule has 2 aromatic heterocycles. The van der Waals surface area contributed by atoms with E-state index in [-0.39, 0.29) is 11.9 Å². The zero-order valence-corrected chi connectivity index (χ0v) is 12.5. The van der Waals surface area contributed by atoms with Crippen molar-refractivity contribution in [3.63, 3.8) is 0 Å². The first kappa shape index (κ1) is 14.1. The topological polar surface area (TPSA) is 70.7 Å². The Morgan fingerprint density at radius 1 is 1.63 bits per heavy atom. The van der Waals surface area contributed by atoms with E-state index < -0.39 is 0 Å². The van der Waals surface area contributed by atoms with Gasteiger partial charge in [-0.3, -0.25) is 9.89 Å². The summed E-state index contributed by atoms with van der Waals surface area (Å²) < 4.78 is 0. The maximum absolute atomic E-state index is 11.6. The van der Waals surface area contributed by atoms with Gasteiger partial charge < -0.3 is 5.32 Å². The smallest absolute Gasteiger partial charge is 0.230 e. The number of amides is 1. The van der Waals surface area contributed by atoms with Gasteiger partial charge in [-0.1, -0.05) is 24.8 Å². The molecule has 0 spiro atoms. The predicted molar refractivity (Wildman–Crippen MR) is 78.3 cm³/mol. The molecular formula is C12H16N4OS2. The molecule has 0 fully saturated rings. The average molecular weight is 296 g/mol. The van der Waals surface area contributed by atoms with Crippen LogP contribution in [0.4, 0.5) is 0 Å². The molecular weight excluding hydrogens is 280 g/mol. The molecule has 1 atom stereocenters. The van der Waals surface area contributed by atoms with Crippen molar-refractivity contribution in [3.8, 4) is 10.7 Å². The van der Waals surface area contributed by atoms with Gasteiger partial charge in [0.05, 0.1) is 10.6 Å². The van der Waals surface area contributed by atoms with Crippen molar-refractivity contribution < 1.29 is 4.79 Å². The lowest BCUT2D eigenvalue weighted by Crippen LogP contribution is -2.33. The summed E-state index contributed by atoms with van der Waals surface area (Å²) in [5.74, 6) is 1.10. The number of nitrogens with one attached hydrogen (secondary N) is 2. The van der Waals surface area contributed by atoms with Crippen LogP contribution in [0.5, 0.6) is 0 Å². The third-order valence-electron chi connectivity index (χ3n) is 2.57. The van der Waals surface area contributed by atoms with Crippen LogP contribution in [0, 0.1) is 0 Å². The van der Waals surface area contributed by atoms with E-state index >= 15 is 0 Å². The standard InChI is InChI=1S/C12H16N4OS2/c1-3-8(2)13-10(17)7-19-12-14-11(15-16-12)9-5-4-6-18-9/h4-6,8H,3,7H2,1-2H3,(H,13,17)(H,14,15,16). The summed E-state index contributed by atoms with van der Waals surface area (Å²) in [7, 11) is 0. The molecule has 2 N–H and O–H groups in total. The highest BCUT2D eigenvalue weighted by molar-refractivity contribution is 7.99. The van der Waals surface area contributed by atoms with E-state index in [1.54, 1.807) is 11.3 Å². The number of carbonyl (C=O) groups is 1. The molecule has 2 heterocycles. The van der Waals surface area contributed by atoms with Crippen molar-refractivity contribution in [2.24, 2.45) is 0 Å². The van der Waals surface area contributed by atoms with Crippen molar-refractivity contribution in [2.75, 3.05) is 5.75 Å². The van der Waals surface area contributed by atoms with E-state index in [2.05, 4.69) is 20.5 Å². The average Bonchev–Trinajstić information content (AvgIpc) is 3.06. The Bertz CT molecular complexity index is 524. The second kappa shape index (κ2) is 6.72. The van der Waals surface area contributed by atoms with E-state index in [1.807, 2.05) is 31.4 Å². The lowest BCUT2D eigenvalue weighted by atomic mass is 10.3. The van der Waals surface area contributed by atoms with E-state index in [1.165, 1.54) is 11.8 Å². The Morgan fingerprint density at radius 3 is 3.16 bits per heavy atom. The number of hydrogen-bond acceptors (Lipinski definition) is 5. The number of aromatic nitrogens is 3. The summed E-state index contributed by atoms with van der Waals surface area (Å²) >= 11 is 2.94. The molecule has 102 valence electrons. The van der Waals surface area contributed by atoms with Gasteiger partial charge in [0.1, 0.15) is 0 Å². The first-order chi connectivity index (χ1) is 9.19. The number of aromatic amines is 1. The lowest BCUT2D eigenvalue weighted by Gasteiger charge is -2.09. The zero-order chi connectivity index (χ0) is 13.7. The fourth-order valence-corrected chi connectivity index (χ4v) is 2.66. The minimum Gasteiger partial charge on any atom is -0.353 e. The van der Waals surface area contributed by atoms with Gasteiger partial charge in [0.25, 0.3) is 0 Å². The fourth-order valence-electron chi connectivity index (χ4n) is 1.38. The molecule has 0 aromatic carbocycles. The maximum Gasteiger partial charge on any atom is 0.230 e. The third-order valence-corrected chi connectivity index (χ3v) is 4.30. The number of rotatable bonds is 6. The summed E-state index contributed by atoms with van der Waals surface area (Å²) in [4.78, 5) is 17.0. The van der Waals surface area contributed by atoms with Crippen LogP contribution in [0.3, 0.4) is 0 Å². The summed E-state index contributed by atoms with van der Waals surface area (Å²) in [6.07, 6.45) is 0.930. The number of H-pyrrole nitrogens is 1. The molecule has 0 aliphatic carbocycles. The van der Waals surface area contributed by atoms with Gasteiger partial charge in [0, 0.05) is 6.04 Å². The summed E-state index contributed by atoms with van der Waals surface area (Å²) in [5, 5.41) is 12.5. The van der Waals surface area contributed by atoms with Crippen LogP contribution < -0.4 is 5.32 Å². The fraction of sp³-hybridized carbons (Fsp3) is 0.417. The molecule has 0 saturated heterocycles. The predicted octanol–water partition coefficient (Wildman–Crippen LogP) is 2.54. The molecule has 7 heteroatoms. The molecule has 5 nitrogen and oxygen atoms in total. The molecule has 1 unspecified atom stereocenters. The van der Waals surface area contributed by atoms with E-state index in [4.69, 9.17) is 0 Å². The Balaban J connectivity index is 1.85. The monoisotopic (exact) mass is 296 g/mol. The van der Waals surface area contributed by atoms with Gasteiger partial charge in [-0.2, -0.15) is 0 Å². The number of carbonyl (C=O) groups excluding carboxylic acids is 1. The van der Waals surface area contributed by atoms with Crippen molar-refractivity contribution in [2.45, 2.75) is 31.5 Å². The van der Waals surface area contributed by atoms with Crippen molar-refractivity contribution in [1.29, 1.82) is 0 Å². The Hall–Kier alpha value is -1.34. The van der Waals surface area contributed by atoms with E-state index in [0.29, 0.717) is 10.9 Å². The highest BCUT2D eigenvalue weighted by Crippen LogP contribution is 2.22. The van der Waals surface area contributed by atoms with Crippen LogP contribution in [0.1, 0.15) is 20.3 Å². The van der Waals surface area contributed by atoms with Crippen LogP contribution in [0.2, 0.25) is 0 Å². The molecule has 1 amide bonds. The molecule has 0 aliphatic rings. The molecule has 0 bridgehead atoms. The van der Waals surface area contributed by atoms with Crippen molar-refractivity contribution in [3.05, 3.63) is 17.5 Å². The maximum atomic E-state index is 11.6. The molecule has 2 rings (SSSR count). The minimum absolute atomic E-state index is 0.0156. The Kier molecular flexibility index (Phi) is 4.98. The van der Waals surface area contributed by atoms with Crippen LogP contribution in [-0.4, -0.2) is 32.9 Å². The van der Waals surface area contributed by atoms with E-state index in [0.717, 1.165) is 17.1 Å². The summed E-state index contributed by atoms with van der Waals surface area (Å²) in [6, 6.07) is 4.16.